The lowest BCUT2D eigenvalue weighted by atomic mass is 10.1. The van der Waals surface area contributed by atoms with E-state index in [-0.39, 0.29) is 29.1 Å². The van der Waals surface area contributed by atoms with E-state index in [2.05, 4.69) is 10.2 Å². The lowest BCUT2D eigenvalue weighted by Crippen LogP contribution is -2.32. The molecule has 13 heavy (non-hydrogen) atoms. The quantitative estimate of drug-likeness (QED) is 0.622. The molecule has 0 fully saturated rings. The van der Waals surface area contributed by atoms with Crippen molar-refractivity contribution in [2.45, 2.75) is 12.4 Å². The van der Waals surface area contributed by atoms with Crippen LogP contribution in [0.25, 0.3) is 1.43 Å². The maximum Gasteiger partial charge on any atom is 0.320 e. The number of carbonyl (C=O) groups is 1. The predicted octanol–water partition coefficient (Wildman–Crippen LogP) is 0.347. The summed E-state index contributed by atoms with van der Waals surface area (Å²) in [5.41, 5.74) is -0.300. The molecule has 0 unspecified atom stereocenters. The maximum absolute atomic E-state index is 11.4. The molecule has 4 heteroatoms. The van der Waals surface area contributed by atoms with E-state index >= 15 is 0 Å². The van der Waals surface area contributed by atoms with Gasteiger partial charge in [0.15, 0.2) is 0 Å². The van der Waals surface area contributed by atoms with Gasteiger partial charge in [0, 0.05) is 0 Å². The van der Waals surface area contributed by atoms with Crippen LogP contribution in [0.5, 0.6) is 5.75 Å². The summed E-state index contributed by atoms with van der Waals surface area (Å²) in [6.07, 6.45) is -0.639. The van der Waals surface area contributed by atoms with Gasteiger partial charge >= 0.3 is 5.97 Å². The van der Waals surface area contributed by atoms with E-state index in [4.69, 9.17) is 9.80 Å². The number of carboxylic acid groups (broad SMARTS) is 1. The number of benzene rings is 1. The van der Waals surface area contributed by atoms with E-state index in [1.165, 1.54) is 0 Å². The summed E-state index contributed by atoms with van der Waals surface area (Å²) in [5, 5.41) is 7.79. The molecule has 4 nitrogen and oxygen atoms in total. The van der Waals surface area contributed by atoms with Crippen LogP contribution >= 0.6 is 0 Å². The van der Waals surface area contributed by atoms with Crippen molar-refractivity contribution in [1.29, 1.82) is 2.86 Å². The lowest BCUT2D eigenvalue weighted by molar-refractivity contribution is -0.138. The Hall–Kier alpha value is -1.55. The Balaban J connectivity index is 3.25. The Morgan fingerprint density at radius 1 is 1.92 bits per heavy atom. The van der Waals surface area contributed by atoms with Gasteiger partial charge in [0.2, 0.25) is 0 Å². The molecule has 0 spiro atoms. The number of carboxylic acids is 1. The van der Waals surface area contributed by atoms with Gasteiger partial charge in [-0.25, -0.2) is 0 Å². The Labute approximate surface area is 85.7 Å². The second-order valence-corrected chi connectivity index (χ2v) is 2.38. The van der Waals surface area contributed by atoms with Crippen molar-refractivity contribution in [2.75, 3.05) is 0 Å². The summed E-state index contributed by atoms with van der Waals surface area (Å²) in [6.45, 7) is 0. The van der Waals surface area contributed by atoms with E-state index in [0.717, 1.165) is 12.1 Å². The maximum atomic E-state index is 11.4. The molecule has 0 aliphatic rings. The summed E-state index contributed by atoms with van der Waals surface area (Å²) in [5.74, 6) is -1.72. The van der Waals surface area contributed by atoms with Gasteiger partial charge in [0.25, 0.3) is 2.86 Å². The van der Waals surface area contributed by atoms with Crippen molar-refractivity contribution in [3.8, 4) is 5.75 Å². The van der Waals surface area contributed by atoms with E-state index in [9.17, 15) is 4.79 Å². The molecule has 0 radical (unpaired) electrons. The van der Waals surface area contributed by atoms with Crippen molar-refractivity contribution >= 4 is 5.97 Å². The molecule has 0 saturated carbocycles. The number of aliphatic carboxylic acids is 1. The summed E-state index contributed by atoms with van der Waals surface area (Å²) in [6, 6.07) is -0.778. The van der Waals surface area contributed by atoms with Crippen LogP contribution in [0, 0.1) is 0 Å². The van der Waals surface area contributed by atoms with Crippen LogP contribution in [-0.4, -0.2) is 23.6 Å². The molecule has 1 rings (SSSR count). The van der Waals surface area contributed by atoms with E-state index in [1.807, 2.05) is 0 Å². The molecule has 0 amide bonds. The molecule has 0 bridgehead atoms. The second-order valence-electron chi connectivity index (χ2n) is 2.38. The zero-order valence-corrected chi connectivity index (χ0v) is 6.53. The zero-order chi connectivity index (χ0) is 15.5. The largest absolute Gasteiger partial charge is 0.508 e. The van der Waals surface area contributed by atoms with E-state index in [1.54, 1.807) is 0 Å². The van der Waals surface area contributed by atoms with Crippen LogP contribution in [0.1, 0.15) is 9.68 Å². The average Bonchev–Trinajstić information content (AvgIpc) is 2.40. The number of hydrogen-bond donors (Lipinski definition) is 3. The van der Waals surface area contributed by atoms with Crippen molar-refractivity contribution in [3.05, 3.63) is 29.8 Å². The van der Waals surface area contributed by atoms with Gasteiger partial charge in [0.05, 0.1) is 4.11 Å². The third-order valence-corrected chi connectivity index (χ3v) is 1.35. The molecule has 1 aromatic carbocycles. The highest BCUT2D eigenvalue weighted by Crippen LogP contribution is 2.11. The van der Waals surface area contributed by atoms with Crippen LogP contribution in [0.15, 0.2) is 24.2 Å². The first-order valence-electron chi connectivity index (χ1n) is 6.66. The van der Waals surface area contributed by atoms with Gasteiger partial charge in [-0.05, 0) is 24.1 Å². The number of aromatic hydroxyl groups is 1. The molecule has 0 aliphatic heterocycles. The molecule has 70 valence electrons. The van der Waals surface area contributed by atoms with Gasteiger partial charge in [-0.15, -0.1) is 0 Å². The van der Waals surface area contributed by atoms with Gasteiger partial charge < -0.3 is 15.9 Å². The summed E-state index contributed by atoms with van der Waals surface area (Å²) in [4.78, 5) is 11.4. The highest BCUT2D eigenvalue weighted by atomic mass is 16.4. The van der Waals surface area contributed by atoms with Gasteiger partial charge in [-0.1, -0.05) is 12.1 Å². The number of hydrogen-bond acceptors (Lipinski definition) is 4. The fraction of sp³-hybridized carbons (Fsp3) is 0.222. The topological polar surface area (TPSA) is 83.5 Å². The summed E-state index contributed by atoms with van der Waals surface area (Å²) >= 11 is 0. The van der Waals surface area contributed by atoms with Gasteiger partial charge in [0.1, 0.15) is 14.6 Å². The second kappa shape index (κ2) is 3.91. The first-order valence-corrected chi connectivity index (χ1v) is 3.45. The lowest BCUT2D eigenvalue weighted by Gasteiger charge is -2.05. The van der Waals surface area contributed by atoms with Crippen molar-refractivity contribution in [3.63, 3.8) is 0 Å². The molecule has 1 atom stereocenters. The highest BCUT2D eigenvalue weighted by Gasteiger charge is 2.11. The SMILES string of the molecule is [2H]OC(=O)[C@@]([2H])(Cc1cc([2H])cc(O[2H])c1[2H])N([2H])[2H]. The fourth-order valence-corrected chi connectivity index (χ4v) is 0.796. The number of rotatable bonds is 5. The molecule has 4 N–H and O–H groups in total. The van der Waals surface area contributed by atoms with Crippen molar-refractivity contribution in [1.82, 2.24) is 0 Å². The normalized spacial score (nSPS) is 22.1. The predicted molar refractivity (Wildman–Crippen MR) is 47.4 cm³/mol. The molecule has 0 aromatic heterocycles. The van der Waals surface area contributed by atoms with Crippen LogP contribution in [0.2, 0.25) is 2.82 Å². The molecule has 0 heterocycles. The minimum absolute atomic E-state index is 0.0512. The Kier molecular flexibility index (Phi) is 1.10. The van der Waals surface area contributed by atoms with E-state index < -0.39 is 18.4 Å². The standard InChI is InChI=1S/C9H11NO3/c10-8(9(12)13)5-6-2-1-3-7(11)4-6/h1-4,8,11H,5,10H2,(H,12,13)/t8-/m1/s1/i1D,4D,8D/hD4. The zero-order valence-electron chi connectivity index (χ0n) is 13.5. The first kappa shape index (κ1) is 3.67. The van der Waals surface area contributed by atoms with Gasteiger partial charge in [-0.3, -0.25) is 4.79 Å². The van der Waals surface area contributed by atoms with Gasteiger partial charge in [-0.2, -0.15) is 0 Å². The smallest absolute Gasteiger partial charge is 0.320 e. The van der Waals surface area contributed by atoms with Crippen LogP contribution < -0.4 is 5.72 Å². The minimum Gasteiger partial charge on any atom is -0.508 e. The molecule has 0 aliphatic carbocycles. The number of phenols is 1. The fourth-order valence-electron chi connectivity index (χ4n) is 0.796. The van der Waals surface area contributed by atoms with Crippen LogP contribution in [0.3, 0.4) is 0 Å². The van der Waals surface area contributed by atoms with Crippen molar-refractivity contribution < 1.29 is 21.9 Å². The monoisotopic (exact) mass is 188 g/mol. The number of phenolic OH excluding ortho intramolecular Hbond substituents is 1. The number of nitrogens with two attached hydrogens (primary N) is 1. The van der Waals surface area contributed by atoms with Crippen molar-refractivity contribution in [2.24, 2.45) is 5.72 Å². The Morgan fingerprint density at radius 2 is 2.85 bits per heavy atom. The molecular weight excluding hydrogens is 170 g/mol. The molecular formula is C9H11NO3. The average molecular weight is 188 g/mol. The third kappa shape index (κ3) is 2.76. The molecule has 0 saturated heterocycles. The third-order valence-electron chi connectivity index (χ3n) is 1.35. The summed E-state index contributed by atoms with van der Waals surface area (Å²) in [7, 11) is 0. The minimum atomic E-state index is -2.56. The Bertz CT molecular complexity index is 513. The molecule has 1 aromatic rings. The first-order chi connectivity index (χ1) is 9.26. The summed E-state index contributed by atoms with van der Waals surface area (Å²) < 4.78 is 50.4. The highest BCUT2D eigenvalue weighted by molar-refractivity contribution is 5.73. The van der Waals surface area contributed by atoms with Crippen LogP contribution in [0.4, 0.5) is 0 Å². The Morgan fingerprint density at radius 3 is 3.54 bits per heavy atom. The van der Waals surface area contributed by atoms with E-state index in [0.29, 0.717) is 0 Å². The van der Waals surface area contributed by atoms with Crippen LogP contribution in [-0.2, 0) is 11.2 Å².